The van der Waals surface area contributed by atoms with E-state index in [0.29, 0.717) is 22.6 Å². The summed E-state index contributed by atoms with van der Waals surface area (Å²) in [7, 11) is -0.493. The van der Waals surface area contributed by atoms with Crippen LogP contribution in [0.4, 0.5) is 0 Å². The molecule has 0 unspecified atom stereocenters. The first kappa shape index (κ1) is 14.2. The normalized spacial score (nSPS) is 23.9. The maximum absolute atomic E-state index is 6.17. The summed E-state index contributed by atoms with van der Waals surface area (Å²) in [5.41, 5.74) is -0.0823. The molecule has 4 nitrogen and oxygen atoms in total. The number of halogens is 1. The first-order valence-corrected chi connectivity index (χ1v) is 7.35. The van der Waals surface area contributed by atoms with E-state index in [9.17, 15) is 0 Å². The predicted octanol–water partition coefficient (Wildman–Crippen LogP) is 2.58. The van der Waals surface area contributed by atoms with Crippen LogP contribution in [0.2, 0.25) is 5.15 Å². The summed E-state index contributed by atoms with van der Waals surface area (Å²) in [6.07, 6.45) is 2.49. The molecule has 108 valence electrons. The Balaban J connectivity index is 1.79. The van der Waals surface area contributed by atoms with Crippen LogP contribution in [-0.2, 0) is 9.31 Å². The van der Waals surface area contributed by atoms with E-state index in [1.807, 2.05) is 39.8 Å². The van der Waals surface area contributed by atoms with E-state index in [0.717, 1.165) is 12.8 Å². The highest BCUT2D eigenvalue weighted by molar-refractivity contribution is 6.61. The second-order valence-electron chi connectivity index (χ2n) is 6.43. The van der Waals surface area contributed by atoms with Crippen LogP contribution in [0.25, 0.3) is 0 Å². The van der Waals surface area contributed by atoms with Gasteiger partial charge in [-0.15, -0.1) is 0 Å². The zero-order valence-corrected chi connectivity index (χ0v) is 13.0. The van der Waals surface area contributed by atoms with Crippen LogP contribution >= 0.6 is 11.6 Å². The molecule has 1 aliphatic heterocycles. The van der Waals surface area contributed by atoms with E-state index >= 15 is 0 Å². The average molecular weight is 296 g/mol. The molecule has 0 bridgehead atoms. The molecule has 1 aliphatic carbocycles. The third-order valence-corrected chi connectivity index (χ3v) is 4.42. The topological polar surface area (TPSA) is 40.6 Å². The van der Waals surface area contributed by atoms with E-state index in [2.05, 4.69) is 4.98 Å². The molecule has 1 aromatic rings. The average Bonchev–Trinajstić information content (AvgIpc) is 3.10. The quantitative estimate of drug-likeness (QED) is 0.635. The van der Waals surface area contributed by atoms with Crippen LogP contribution in [0.1, 0.15) is 40.5 Å². The van der Waals surface area contributed by atoms with Crippen LogP contribution in [-0.4, -0.2) is 29.4 Å². The fraction of sp³-hybridized carbons (Fsp3) is 0.643. The Bertz CT molecular complexity index is 515. The Kier molecular flexibility index (Phi) is 3.27. The number of nitrogens with zero attached hydrogens (tertiary/aromatic N) is 1. The number of hydrogen-bond donors (Lipinski definition) is 0. The van der Waals surface area contributed by atoms with Gasteiger partial charge in [0.1, 0.15) is 0 Å². The van der Waals surface area contributed by atoms with E-state index < -0.39 is 7.12 Å². The molecule has 0 radical (unpaired) electrons. The number of pyridine rings is 1. The number of ether oxygens (including phenoxy) is 1. The van der Waals surface area contributed by atoms with Crippen LogP contribution in [0.15, 0.2) is 12.1 Å². The summed E-state index contributed by atoms with van der Waals surface area (Å²) in [5.74, 6) is 0.634. The fourth-order valence-electron chi connectivity index (χ4n) is 1.98. The molecule has 0 amide bonds. The van der Waals surface area contributed by atoms with Gasteiger partial charge in [0, 0.05) is 0 Å². The van der Waals surface area contributed by atoms with E-state index in [1.54, 1.807) is 0 Å². The van der Waals surface area contributed by atoms with Gasteiger partial charge in [0.25, 0.3) is 0 Å². The van der Waals surface area contributed by atoms with E-state index in [4.69, 9.17) is 25.6 Å². The summed E-state index contributed by atoms with van der Waals surface area (Å²) in [6, 6.07) is 3.69. The molecule has 2 heterocycles. The predicted molar refractivity (Wildman–Crippen MR) is 78.6 cm³/mol. The van der Waals surface area contributed by atoms with Gasteiger partial charge in [-0.2, -0.15) is 0 Å². The first-order chi connectivity index (χ1) is 9.28. The summed E-state index contributed by atoms with van der Waals surface area (Å²) >= 11 is 6.17. The van der Waals surface area contributed by atoms with Crippen molar-refractivity contribution in [2.75, 3.05) is 0 Å². The summed E-state index contributed by atoms with van der Waals surface area (Å²) in [6.45, 7) is 8.05. The molecule has 1 aromatic heterocycles. The lowest BCUT2D eigenvalue weighted by Gasteiger charge is -2.32. The Morgan fingerprint density at radius 2 is 1.80 bits per heavy atom. The molecular formula is C14H19BClNO3. The third kappa shape index (κ3) is 2.54. The zero-order chi connectivity index (χ0) is 14.5. The maximum atomic E-state index is 6.17. The van der Waals surface area contributed by atoms with Crippen LogP contribution in [0.3, 0.4) is 0 Å². The van der Waals surface area contributed by atoms with Gasteiger partial charge < -0.3 is 14.0 Å². The molecule has 2 aliphatic rings. The van der Waals surface area contributed by atoms with E-state index in [-0.39, 0.29) is 11.2 Å². The molecule has 6 heteroatoms. The van der Waals surface area contributed by atoms with Crippen molar-refractivity contribution in [2.24, 2.45) is 0 Å². The van der Waals surface area contributed by atoms with Gasteiger partial charge >= 0.3 is 7.12 Å². The Hall–Kier alpha value is -0.775. The lowest BCUT2D eigenvalue weighted by Crippen LogP contribution is -2.41. The summed E-state index contributed by atoms with van der Waals surface area (Å²) in [5, 5.41) is 0.365. The molecule has 0 spiro atoms. The summed E-state index contributed by atoms with van der Waals surface area (Å²) in [4.78, 5) is 4.36. The lowest BCUT2D eigenvalue weighted by atomic mass is 9.84. The second kappa shape index (κ2) is 4.62. The minimum atomic E-state index is -0.493. The third-order valence-electron chi connectivity index (χ3n) is 4.15. The van der Waals surface area contributed by atoms with Gasteiger partial charge in [-0.3, -0.25) is 0 Å². The molecule has 1 saturated heterocycles. The highest BCUT2D eigenvalue weighted by atomic mass is 35.5. The maximum Gasteiger partial charge on any atom is 0.514 e. The monoisotopic (exact) mass is 295 g/mol. The minimum Gasteiger partial charge on any atom is -0.487 e. The standard InChI is InChI=1S/C14H19BClNO3/c1-13(2)14(3,4)20-15(19-13)11-8-7-10(12(16)17-11)18-9-5-6-9/h7-9H,5-6H2,1-4H3. The first-order valence-electron chi connectivity index (χ1n) is 6.97. The van der Waals surface area contributed by atoms with Gasteiger partial charge in [-0.05, 0) is 52.7 Å². The van der Waals surface area contributed by atoms with Crippen LogP contribution in [0.5, 0.6) is 5.75 Å². The fourth-order valence-corrected chi connectivity index (χ4v) is 2.19. The second-order valence-corrected chi connectivity index (χ2v) is 6.79. The molecule has 0 N–H and O–H groups in total. The van der Waals surface area contributed by atoms with Gasteiger partial charge in [-0.25, -0.2) is 4.98 Å². The minimum absolute atomic E-state index is 0.303. The van der Waals surface area contributed by atoms with Gasteiger partial charge in [-0.1, -0.05) is 11.6 Å². The number of hydrogen-bond acceptors (Lipinski definition) is 4. The van der Waals surface area contributed by atoms with Crippen LogP contribution < -0.4 is 10.3 Å². The lowest BCUT2D eigenvalue weighted by molar-refractivity contribution is 0.00578. The van der Waals surface area contributed by atoms with Crippen molar-refractivity contribution in [3.05, 3.63) is 17.3 Å². The Labute approximate surface area is 124 Å². The van der Waals surface area contributed by atoms with Crippen molar-refractivity contribution in [2.45, 2.75) is 57.8 Å². The smallest absolute Gasteiger partial charge is 0.487 e. The molecule has 0 aromatic carbocycles. The van der Waals surface area contributed by atoms with Crippen molar-refractivity contribution >= 4 is 24.3 Å². The summed E-state index contributed by atoms with van der Waals surface area (Å²) < 4.78 is 17.6. The number of aromatic nitrogens is 1. The largest absolute Gasteiger partial charge is 0.514 e. The van der Waals surface area contributed by atoms with Crippen molar-refractivity contribution in [3.8, 4) is 5.75 Å². The van der Waals surface area contributed by atoms with Crippen molar-refractivity contribution in [3.63, 3.8) is 0 Å². The molecule has 2 fully saturated rings. The van der Waals surface area contributed by atoms with Gasteiger partial charge in [0.05, 0.1) is 22.9 Å². The highest BCUT2D eigenvalue weighted by Crippen LogP contribution is 2.37. The van der Waals surface area contributed by atoms with Crippen molar-refractivity contribution in [1.82, 2.24) is 4.98 Å². The molecule has 1 saturated carbocycles. The Morgan fingerprint density at radius 3 is 2.30 bits per heavy atom. The molecule has 3 rings (SSSR count). The molecule has 0 atom stereocenters. The SMILES string of the molecule is CC1(C)OB(c2ccc(OC3CC3)c(Cl)n2)OC1(C)C. The highest BCUT2D eigenvalue weighted by Gasteiger charge is 2.52. The van der Waals surface area contributed by atoms with Crippen molar-refractivity contribution < 1.29 is 14.0 Å². The molecule has 20 heavy (non-hydrogen) atoms. The van der Waals surface area contributed by atoms with Crippen molar-refractivity contribution in [1.29, 1.82) is 0 Å². The Morgan fingerprint density at radius 1 is 1.20 bits per heavy atom. The zero-order valence-electron chi connectivity index (χ0n) is 12.3. The number of rotatable bonds is 3. The van der Waals surface area contributed by atoms with E-state index in [1.165, 1.54) is 0 Å². The van der Waals surface area contributed by atoms with Gasteiger partial charge in [0.15, 0.2) is 10.9 Å². The molecular weight excluding hydrogens is 276 g/mol. The van der Waals surface area contributed by atoms with Crippen LogP contribution in [0, 0.1) is 0 Å². The van der Waals surface area contributed by atoms with Gasteiger partial charge in [0.2, 0.25) is 0 Å².